The second-order valence-corrected chi connectivity index (χ2v) is 7.60. The maximum atomic E-state index is 12.2. The molecule has 1 N–H and O–H groups in total. The van der Waals surface area contributed by atoms with Gasteiger partial charge in [-0.15, -0.1) is 0 Å². The Labute approximate surface area is 124 Å². The molecule has 2 heterocycles. The highest BCUT2D eigenvalue weighted by Gasteiger charge is 2.44. The highest BCUT2D eigenvalue weighted by Crippen LogP contribution is 2.33. The quantitative estimate of drug-likeness (QED) is 0.882. The fourth-order valence-electron chi connectivity index (χ4n) is 2.79. The lowest BCUT2D eigenvalue weighted by Crippen LogP contribution is -2.61. The lowest BCUT2D eigenvalue weighted by Gasteiger charge is -2.44. The highest BCUT2D eigenvalue weighted by atomic mass is 32.2. The number of piperidine rings is 1. The summed E-state index contributed by atoms with van der Waals surface area (Å²) in [5.74, 6) is 0.493. The SMILES string of the molecule is CCS(=O)(=O)N1CCC2(CC1)NC(=O)c1ccccc1O2. The lowest BCUT2D eigenvalue weighted by molar-refractivity contribution is -0.0155. The number of fused-ring (bicyclic) bond motifs is 1. The number of nitrogens with one attached hydrogen (secondary N) is 1. The largest absolute Gasteiger partial charge is 0.467 e. The summed E-state index contributed by atoms with van der Waals surface area (Å²) in [7, 11) is -3.19. The minimum atomic E-state index is -3.19. The predicted octanol–water partition coefficient (Wildman–Crippen LogP) is 0.951. The Kier molecular flexibility index (Phi) is 3.41. The molecule has 0 aliphatic carbocycles. The van der Waals surface area contributed by atoms with E-state index in [4.69, 9.17) is 4.74 Å². The second kappa shape index (κ2) is 4.99. The molecule has 7 heteroatoms. The van der Waals surface area contributed by atoms with Gasteiger partial charge in [0.25, 0.3) is 5.91 Å². The van der Waals surface area contributed by atoms with Crippen LogP contribution in [0.2, 0.25) is 0 Å². The van der Waals surface area contributed by atoms with Crippen LogP contribution in [0.15, 0.2) is 24.3 Å². The Morgan fingerprint density at radius 1 is 1.29 bits per heavy atom. The molecule has 2 aliphatic rings. The molecule has 1 aromatic rings. The zero-order chi connectivity index (χ0) is 15.1. The molecule has 0 radical (unpaired) electrons. The van der Waals surface area contributed by atoms with Crippen molar-refractivity contribution in [2.24, 2.45) is 0 Å². The molecule has 1 saturated heterocycles. The molecule has 0 aromatic heterocycles. The molecule has 6 nitrogen and oxygen atoms in total. The Morgan fingerprint density at radius 2 is 1.95 bits per heavy atom. The Balaban J connectivity index is 1.79. The molecule has 0 unspecified atom stereocenters. The van der Waals surface area contributed by atoms with Crippen LogP contribution in [0.5, 0.6) is 5.75 Å². The van der Waals surface area contributed by atoms with E-state index in [1.165, 1.54) is 4.31 Å². The van der Waals surface area contributed by atoms with Crippen LogP contribution < -0.4 is 10.1 Å². The van der Waals surface area contributed by atoms with Crippen molar-refractivity contribution in [3.63, 3.8) is 0 Å². The summed E-state index contributed by atoms with van der Waals surface area (Å²) in [6.07, 6.45) is 0.901. The van der Waals surface area contributed by atoms with Gasteiger partial charge in [-0.1, -0.05) is 12.1 Å². The second-order valence-electron chi connectivity index (χ2n) is 5.35. The van der Waals surface area contributed by atoms with Gasteiger partial charge in [-0.05, 0) is 19.1 Å². The molecule has 0 atom stereocenters. The molecular formula is C14H18N2O4S. The molecule has 1 amide bonds. The third-order valence-electron chi connectivity index (χ3n) is 4.07. The minimum Gasteiger partial charge on any atom is -0.467 e. The number of nitrogens with zero attached hydrogens (tertiary/aromatic N) is 1. The molecule has 0 bridgehead atoms. The van der Waals surface area contributed by atoms with Gasteiger partial charge in [-0.25, -0.2) is 12.7 Å². The van der Waals surface area contributed by atoms with E-state index >= 15 is 0 Å². The van der Waals surface area contributed by atoms with Gasteiger partial charge in [0.15, 0.2) is 5.72 Å². The zero-order valence-corrected chi connectivity index (χ0v) is 12.6. The van der Waals surface area contributed by atoms with Crippen LogP contribution in [0, 0.1) is 0 Å². The van der Waals surface area contributed by atoms with E-state index in [2.05, 4.69) is 5.32 Å². The molecule has 1 fully saturated rings. The fraction of sp³-hybridized carbons (Fsp3) is 0.500. The van der Waals surface area contributed by atoms with Crippen LogP contribution in [0.1, 0.15) is 30.1 Å². The molecule has 21 heavy (non-hydrogen) atoms. The van der Waals surface area contributed by atoms with Gasteiger partial charge >= 0.3 is 0 Å². The van der Waals surface area contributed by atoms with Crippen LogP contribution >= 0.6 is 0 Å². The minimum absolute atomic E-state index is 0.0933. The average Bonchev–Trinajstić information content (AvgIpc) is 2.48. The third kappa shape index (κ3) is 2.51. The molecule has 0 saturated carbocycles. The van der Waals surface area contributed by atoms with Crippen molar-refractivity contribution in [3.05, 3.63) is 29.8 Å². The van der Waals surface area contributed by atoms with Crippen molar-refractivity contribution >= 4 is 15.9 Å². The first-order chi connectivity index (χ1) is 9.96. The Hall–Kier alpha value is -1.60. The van der Waals surface area contributed by atoms with Crippen molar-refractivity contribution in [3.8, 4) is 5.75 Å². The van der Waals surface area contributed by atoms with Gasteiger partial charge in [0.05, 0.1) is 11.3 Å². The van der Waals surface area contributed by atoms with Crippen LogP contribution in [0.3, 0.4) is 0 Å². The standard InChI is InChI=1S/C14H18N2O4S/c1-2-21(18,19)16-9-7-14(8-10-16)15-13(17)11-5-3-4-6-12(11)20-14/h3-6H,2,7-10H2,1H3,(H,15,17). The summed E-state index contributed by atoms with van der Waals surface area (Å²) in [6.45, 7) is 2.35. The topological polar surface area (TPSA) is 75.7 Å². The Bertz CT molecular complexity index is 663. The van der Waals surface area contributed by atoms with E-state index in [0.29, 0.717) is 37.2 Å². The maximum absolute atomic E-state index is 12.2. The number of carbonyl (C=O) groups excluding carboxylic acids is 1. The van der Waals surface area contributed by atoms with Crippen molar-refractivity contribution in [2.45, 2.75) is 25.5 Å². The first-order valence-corrected chi connectivity index (χ1v) is 8.65. The summed E-state index contributed by atoms with van der Waals surface area (Å²) >= 11 is 0. The maximum Gasteiger partial charge on any atom is 0.258 e. The lowest BCUT2D eigenvalue weighted by atomic mass is 9.98. The van der Waals surface area contributed by atoms with Crippen molar-refractivity contribution in [1.29, 1.82) is 0 Å². The van der Waals surface area contributed by atoms with Gasteiger partial charge in [-0.3, -0.25) is 4.79 Å². The van der Waals surface area contributed by atoms with Gasteiger partial charge in [0.1, 0.15) is 5.75 Å². The number of amides is 1. The van der Waals surface area contributed by atoms with Crippen LogP contribution in [0.4, 0.5) is 0 Å². The van der Waals surface area contributed by atoms with Gasteiger partial charge in [0.2, 0.25) is 10.0 Å². The number of rotatable bonds is 2. The van der Waals surface area contributed by atoms with E-state index in [0.717, 1.165) is 0 Å². The van der Waals surface area contributed by atoms with Crippen LogP contribution in [0.25, 0.3) is 0 Å². The van der Waals surface area contributed by atoms with Gasteiger partial charge in [0, 0.05) is 25.9 Å². The van der Waals surface area contributed by atoms with E-state index in [1.54, 1.807) is 25.1 Å². The summed E-state index contributed by atoms with van der Waals surface area (Å²) in [5.41, 5.74) is -0.266. The van der Waals surface area contributed by atoms with Crippen molar-refractivity contribution < 1.29 is 17.9 Å². The smallest absolute Gasteiger partial charge is 0.258 e. The molecule has 2 aliphatic heterocycles. The van der Waals surface area contributed by atoms with Crippen molar-refractivity contribution in [1.82, 2.24) is 9.62 Å². The summed E-state index contributed by atoms with van der Waals surface area (Å²) in [4.78, 5) is 12.2. The van der Waals surface area contributed by atoms with E-state index in [9.17, 15) is 13.2 Å². The first-order valence-electron chi connectivity index (χ1n) is 7.04. The van der Waals surface area contributed by atoms with Crippen LogP contribution in [-0.4, -0.2) is 43.2 Å². The number of benzene rings is 1. The number of carbonyl (C=O) groups is 1. The monoisotopic (exact) mass is 310 g/mol. The number of hydrogen-bond donors (Lipinski definition) is 1. The molecular weight excluding hydrogens is 292 g/mol. The molecule has 1 aromatic carbocycles. The van der Waals surface area contributed by atoms with E-state index < -0.39 is 15.7 Å². The number of ether oxygens (including phenoxy) is 1. The van der Waals surface area contributed by atoms with Crippen molar-refractivity contribution in [2.75, 3.05) is 18.8 Å². The molecule has 114 valence electrons. The predicted molar refractivity (Wildman–Crippen MR) is 77.5 cm³/mol. The summed E-state index contributed by atoms with van der Waals surface area (Å²) in [6, 6.07) is 7.09. The van der Waals surface area contributed by atoms with E-state index in [1.807, 2.05) is 6.07 Å². The van der Waals surface area contributed by atoms with Gasteiger partial charge < -0.3 is 10.1 Å². The normalized spacial score (nSPS) is 21.5. The number of para-hydroxylation sites is 1. The van der Waals surface area contributed by atoms with E-state index in [-0.39, 0.29) is 11.7 Å². The first kappa shape index (κ1) is 14.3. The number of hydrogen-bond acceptors (Lipinski definition) is 4. The number of sulfonamides is 1. The highest BCUT2D eigenvalue weighted by molar-refractivity contribution is 7.89. The van der Waals surface area contributed by atoms with Gasteiger partial charge in [-0.2, -0.15) is 0 Å². The summed E-state index contributed by atoms with van der Waals surface area (Å²) < 4.78 is 31.2. The third-order valence-corrected chi connectivity index (χ3v) is 5.95. The fourth-order valence-corrected chi connectivity index (χ4v) is 3.89. The molecule has 3 rings (SSSR count). The average molecular weight is 310 g/mol. The molecule has 1 spiro atoms. The Morgan fingerprint density at radius 3 is 2.62 bits per heavy atom. The van der Waals surface area contributed by atoms with Crippen LogP contribution in [-0.2, 0) is 10.0 Å². The summed E-state index contributed by atoms with van der Waals surface area (Å²) in [5, 5.41) is 2.90. The zero-order valence-electron chi connectivity index (χ0n) is 11.8.